The Hall–Kier alpha value is -1.03. The van der Waals surface area contributed by atoms with Crippen LogP contribution in [0.25, 0.3) is 0 Å². The summed E-state index contributed by atoms with van der Waals surface area (Å²) in [5.74, 6) is 0.154. The van der Waals surface area contributed by atoms with Gasteiger partial charge in [0.2, 0.25) is 5.91 Å². The summed E-state index contributed by atoms with van der Waals surface area (Å²) in [4.78, 5) is 13.8. The van der Waals surface area contributed by atoms with E-state index in [9.17, 15) is 4.79 Å². The summed E-state index contributed by atoms with van der Waals surface area (Å²) in [6.45, 7) is 4.57. The number of halogens is 1. The van der Waals surface area contributed by atoms with Crippen LogP contribution >= 0.6 is 15.9 Å². The highest BCUT2D eigenvalue weighted by Crippen LogP contribution is 2.37. The van der Waals surface area contributed by atoms with Gasteiger partial charge in [-0.2, -0.15) is 0 Å². The number of nitrogens with two attached hydrogens (primary N) is 1. The molecule has 1 aromatic carbocycles. The maximum atomic E-state index is 12.0. The molecule has 0 aliphatic carbocycles. The molecule has 3 nitrogen and oxygen atoms in total. The van der Waals surface area contributed by atoms with Gasteiger partial charge >= 0.3 is 0 Å². The van der Waals surface area contributed by atoms with Crippen molar-refractivity contribution in [3.63, 3.8) is 0 Å². The highest BCUT2D eigenvalue weighted by molar-refractivity contribution is 9.10. The molecule has 0 saturated heterocycles. The molecular weight excluding hydrogens is 268 g/mol. The number of rotatable bonds is 1. The van der Waals surface area contributed by atoms with E-state index in [4.69, 9.17) is 5.73 Å². The zero-order valence-corrected chi connectivity index (χ0v) is 11.0. The van der Waals surface area contributed by atoms with Gasteiger partial charge in [0, 0.05) is 16.9 Å². The van der Waals surface area contributed by atoms with Crippen molar-refractivity contribution in [1.82, 2.24) is 0 Å². The van der Waals surface area contributed by atoms with Gasteiger partial charge in [0.05, 0.1) is 11.4 Å². The summed E-state index contributed by atoms with van der Waals surface area (Å²) in [6, 6.07) is 3.89. The van der Waals surface area contributed by atoms with Crippen molar-refractivity contribution < 1.29 is 4.79 Å². The van der Waals surface area contributed by atoms with Crippen molar-refractivity contribution in [2.45, 2.75) is 20.3 Å². The number of nitrogen functional groups attached to an aromatic ring is 1. The van der Waals surface area contributed by atoms with Crippen molar-refractivity contribution in [1.29, 1.82) is 0 Å². The van der Waals surface area contributed by atoms with Gasteiger partial charge in [-0.1, -0.05) is 29.8 Å². The average Bonchev–Trinajstić information content (AvgIpc) is 2.59. The Morgan fingerprint density at radius 2 is 2.19 bits per heavy atom. The molecule has 0 radical (unpaired) electrons. The lowest BCUT2D eigenvalue weighted by atomic mass is 10.1. The molecule has 16 heavy (non-hydrogen) atoms. The van der Waals surface area contributed by atoms with Crippen molar-refractivity contribution in [2.75, 3.05) is 17.2 Å². The quantitative estimate of drug-likeness (QED) is 0.805. The number of nitrogens with zero attached hydrogens (tertiary/aromatic N) is 1. The van der Waals surface area contributed by atoms with Crippen molar-refractivity contribution in [3.05, 3.63) is 22.2 Å². The molecule has 1 aliphatic heterocycles. The van der Waals surface area contributed by atoms with Crippen molar-refractivity contribution in [3.8, 4) is 0 Å². The van der Waals surface area contributed by atoms with E-state index in [-0.39, 0.29) is 11.8 Å². The predicted octanol–water partition coefficient (Wildman–Crippen LogP) is 2.58. The average molecular weight is 283 g/mol. The molecule has 0 unspecified atom stereocenters. The third kappa shape index (κ3) is 1.82. The second-order valence-electron chi connectivity index (χ2n) is 4.40. The van der Waals surface area contributed by atoms with E-state index >= 15 is 0 Å². The monoisotopic (exact) mass is 282 g/mol. The number of hydrogen-bond acceptors (Lipinski definition) is 2. The lowest BCUT2D eigenvalue weighted by Gasteiger charge is -2.21. The van der Waals surface area contributed by atoms with E-state index in [1.807, 2.05) is 30.9 Å². The highest BCUT2D eigenvalue weighted by atomic mass is 79.9. The number of hydrogen-bond donors (Lipinski definition) is 1. The largest absolute Gasteiger partial charge is 0.397 e. The minimum atomic E-state index is 0.00833. The molecule has 2 N–H and O–H groups in total. The normalized spacial score (nSPS) is 14.4. The summed E-state index contributed by atoms with van der Waals surface area (Å²) in [6.07, 6.45) is 0.886. The molecule has 0 saturated carbocycles. The molecule has 0 atom stereocenters. The predicted molar refractivity (Wildman–Crippen MR) is 69.4 cm³/mol. The summed E-state index contributed by atoms with van der Waals surface area (Å²) >= 11 is 3.42. The molecular formula is C12H15BrN2O. The summed E-state index contributed by atoms with van der Waals surface area (Å²) in [5.41, 5.74) is 8.71. The first-order valence-corrected chi connectivity index (χ1v) is 6.19. The topological polar surface area (TPSA) is 46.3 Å². The summed E-state index contributed by atoms with van der Waals surface area (Å²) in [7, 11) is 0. The van der Waals surface area contributed by atoms with Crippen LogP contribution in [0.4, 0.5) is 11.4 Å². The minimum Gasteiger partial charge on any atom is -0.397 e. The molecule has 4 heteroatoms. The molecule has 0 fully saturated rings. The Bertz CT molecular complexity index is 443. The van der Waals surface area contributed by atoms with Crippen LogP contribution in [-0.2, 0) is 11.2 Å². The number of amides is 1. The Labute approximate surface area is 104 Å². The first-order valence-electron chi connectivity index (χ1n) is 5.40. The highest BCUT2D eigenvalue weighted by Gasteiger charge is 2.28. The van der Waals surface area contributed by atoms with E-state index < -0.39 is 0 Å². The van der Waals surface area contributed by atoms with Gasteiger partial charge in [0.1, 0.15) is 0 Å². The fourth-order valence-electron chi connectivity index (χ4n) is 2.07. The molecule has 1 aromatic rings. The fourth-order valence-corrected chi connectivity index (χ4v) is 2.60. The first kappa shape index (κ1) is 11.5. The van der Waals surface area contributed by atoms with Gasteiger partial charge in [0.25, 0.3) is 0 Å². The van der Waals surface area contributed by atoms with Gasteiger partial charge in [-0.3, -0.25) is 4.79 Å². The molecule has 1 heterocycles. The molecule has 86 valence electrons. The van der Waals surface area contributed by atoms with Gasteiger partial charge in [-0.05, 0) is 24.1 Å². The van der Waals surface area contributed by atoms with E-state index in [2.05, 4.69) is 15.9 Å². The zero-order chi connectivity index (χ0) is 11.9. The van der Waals surface area contributed by atoms with Crippen molar-refractivity contribution in [2.24, 2.45) is 5.92 Å². The first-order chi connectivity index (χ1) is 7.50. The smallest absolute Gasteiger partial charge is 0.229 e. The zero-order valence-electron chi connectivity index (χ0n) is 9.46. The number of benzene rings is 1. The van der Waals surface area contributed by atoms with Crippen LogP contribution in [0.2, 0.25) is 0 Å². The number of anilines is 2. The Kier molecular flexibility index (Phi) is 2.93. The van der Waals surface area contributed by atoms with Crippen LogP contribution in [0.15, 0.2) is 16.6 Å². The standard InChI is InChI=1S/C12H15BrN2O/c1-7(2)12(16)15-4-3-8-5-9(13)6-10(14)11(8)15/h5-7H,3-4,14H2,1-2H3. The van der Waals surface area contributed by atoms with Crippen LogP contribution in [-0.4, -0.2) is 12.5 Å². The third-order valence-electron chi connectivity index (χ3n) is 2.82. The molecule has 0 bridgehead atoms. The van der Waals surface area contributed by atoms with Crippen LogP contribution in [0, 0.1) is 5.92 Å². The van der Waals surface area contributed by atoms with Crippen LogP contribution in [0.5, 0.6) is 0 Å². The molecule has 2 rings (SSSR count). The number of carbonyl (C=O) groups excluding carboxylic acids is 1. The van der Waals surface area contributed by atoms with Crippen LogP contribution < -0.4 is 10.6 Å². The summed E-state index contributed by atoms with van der Waals surface area (Å²) in [5, 5.41) is 0. The van der Waals surface area contributed by atoms with Crippen LogP contribution in [0.1, 0.15) is 19.4 Å². The number of carbonyl (C=O) groups is 1. The van der Waals surface area contributed by atoms with E-state index in [1.54, 1.807) is 0 Å². The lowest BCUT2D eigenvalue weighted by Crippen LogP contribution is -2.32. The lowest BCUT2D eigenvalue weighted by molar-refractivity contribution is -0.121. The maximum Gasteiger partial charge on any atom is 0.229 e. The van der Waals surface area contributed by atoms with E-state index in [0.29, 0.717) is 5.69 Å². The van der Waals surface area contributed by atoms with Gasteiger partial charge in [-0.15, -0.1) is 0 Å². The van der Waals surface area contributed by atoms with E-state index in [1.165, 1.54) is 0 Å². The van der Waals surface area contributed by atoms with Gasteiger partial charge < -0.3 is 10.6 Å². The third-order valence-corrected chi connectivity index (χ3v) is 3.28. The summed E-state index contributed by atoms with van der Waals surface area (Å²) < 4.78 is 0.975. The SMILES string of the molecule is CC(C)C(=O)N1CCc2cc(Br)cc(N)c21. The second kappa shape index (κ2) is 4.09. The minimum absolute atomic E-state index is 0.00833. The molecule has 1 amide bonds. The maximum absolute atomic E-state index is 12.0. The second-order valence-corrected chi connectivity index (χ2v) is 5.31. The van der Waals surface area contributed by atoms with Crippen LogP contribution in [0.3, 0.4) is 0 Å². The Morgan fingerprint density at radius 1 is 1.50 bits per heavy atom. The Balaban J connectivity index is 2.43. The van der Waals surface area contributed by atoms with Gasteiger partial charge in [-0.25, -0.2) is 0 Å². The van der Waals surface area contributed by atoms with Gasteiger partial charge in [0.15, 0.2) is 0 Å². The molecule has 0 spiro atoms. The van der Waals surface area contributed by atoms with Crippen molar-refractivity contribution >= 4 is 33.2 Å². The fraction of sp³-hybridized carbons (Fsp3) is 0.417. The molecule has 0 aromatic heterocycles. The Morgan fingerprint density at radius 3 is 2.81 bits per heavy atom. The van der Waals surface area contributed by atoms with E-state index in [0.717, 1.165) is 28.7 Å². The molecule has 1 aliphatic rings. The number of fused-ring (bicyclic) bond motifs is 1.